The maximum Gasteiger partial charge on any atom is 0.223 e. The average molecular weight is 340 g/mol. The van der Waals surface area contributed by atoms with E-state index in [1.165, 1.54) is 22.9 Å². The van der Waals surface area contributed by atoms with Crippen molar-refractivity contribution in [2.24, 2.45) is 13.0 Å². The largest absolute Gasteiger partial charge is 0.369 e. The molecule has 0 amide bonds. The molecule has 1 aliphatic heterocycles. The van der Waals surface area contributed by atoms with E-state index in [4.69, 9.17) is 0 Å². The van der Waals surface area contributed by atoms with E-state index < -0.39 is 23.3 Å². The summed E-state index contributed by atoms with van der Waals surface area (Å²) in [5, 5.41) is 9.28. The smallest absolute Gasteiger partial charge is 0.223 e. The van der Waals surface area contributed by atoms with E-state index in [-0.39, 0.29) is 11.4 Å². The van der Waals surface area contributed by atoms with Crippen LogP contribution >= 0.6 is 0 Å². The highest BCUT2D eigenvalue weighted by Crippen LogP contribution is 2.25. The monoisotopic (exact) mass is 340 g/mol. The van der Waals surface area contributed by atoms with E-state index in [9.17, 15) is 19.2 Å². The summed E-state index contributed by atoms with van der Waals surface area (Å²) in [5.74, 6) is -3.45. The minimum Gasteiger partial charge on any atom is -0.369 e. The number of rotatable bonds is 5. The van der Waals surface area contributed by atoms with Crippen LogP contribution < -0.4 is 4.90 Å². The Kier molecular flexibility index (Phi) is 4.61. The highest BCUT2D eigenvalue weighted by molar-refractivity contribution is 6.17. The van der Waals surface area contributed by atoms with Crippen molar-refractivity contribution in [3.05, 3.63) is 47.8 Å². The fourth-order valence-electron chi connectivity index (χ4n) is 3.01. The number of ketones is 2. The number of carbonyl (C=O) groups is 2. The molecule has 2 aromatic rings. The molecule has 128 valence electrons. The van der Waals surface area contributed by atoms with Gasteiger partial charge in [-0.25, -0.2) is 9.37 Å². The van der Waals surface area contributed by atoms with Crippen LogP contribution in [0.25, 0.3) is 0 Å². The van der Waals surface area contributed by atoms with Crippen molar-refractivity contribution in [2.45, 2.75) is 12.8 Å². The van der Waals surface area contributed by atoms with Gasteiger partial charge in [0.25, 0.3) is 0 Å². The van der Waals surface area contributed by atoms with Crippen LogP contribution in [-0.4, -0.2) is 34.2 Å². The number of carbonyl (C=O) groups excluding carboxylic acids is 2. The SMILES string of the molecule is Cn1ccnc1C(=O)[C@@H](C#N)C(=O)c1ccc(N2CCCC2)c(F)c1. The molecular formula is C18H17FN4O2. The van der Waals surface area contributed by atoms with Crippen LogP contribution in [0.5, 0.6) is 0 Å². The summed E-state index contributed by atoms with van der Waals surface area (Å²) in [4.78, 5) is 30.7. The Morgan fingerprint density at radius 1 is 1.28 bits per heavy atom. The van der Waals surface area contributed by atoms with E-state index in [2.05, 4.69) is 4.98 Å². The Hall–Kier alpha value is -3.01. The quantitative estimate of drug-likeness (QED) is 0.617. The Morgan fingerprint density at radius 2 is 2.00 bits per heavy atom. The summed E-state index contributed by atoms with van der Waals surface area (Å²) in [6.45, 7) is 1.56. The molecule has 0 saturated carbocycles. The first-order valence-electron chi connectivity index (χ1n) is 8.03. The van der Waals surface area contributed by atoms with Gasteiger partial charge in [0.2, 0.25) is 5.78 Å². The number of hydrogen-bond donors (Lipinski definition) is 0. The predicted octanol–water partition coefficient (Wildman–Crippen LogP) is 2.36. The van der Waals surface area contributed by atoms with Crippen molar-refractivity contribution >= 4 is 17.3 Å². The molecular weight excluding hydrogens is 323 g/mol. The molecule has 2 heterocycles. The van der Waals surface area contributed by atoms with E-state index in [1.807, 2.05) is 4.90 Å². The Labute approximate surface area is 144 Å². The first kappa shape index (κ1) is 16.8. The van der Waals surface area contributed by atoms with Gasteiger partial charge in [-0.3, -0.25) is 9.59 Å². The number of hydrogen-bond acceptors (Lipinski definition) is 5. The molecule has 1 aliphatic rings. The fourth-order valence-corrected chi connectivity index (χ4v) is 3.01. The van der Waals surface area contributed by atoms with Crippen molar-refractivity contribution in [3.63, 3.8) is 0 Å². The van der Waals surface area contributed by atoms with Crippen LogP contribution in [0.1, 0.15) is 33.8 Å². The van der Waals surface area contributed by atoms with Crippen molar-refractivity contribution in [1.29, 1.82) is 5.26 Å². The third kappa shape index (κ3) is 3.15. The number of nitrogens with zero attached hydrogens (tertiary/aromatic N) is 4. The number of nitriles is 1. The lowest BCUT2D eigenvalue weighted by Crippen LogP contribution is -2.26. The molecule has 1 atom stereocenters. The van der Waals surface area contributed by atoms with Crippen LogP contribution in [0.15, 0.2) is 30.6 Å². The third-order valence-corrected chi connectivity index (χ3v) is 4.37. The van der Waals surface area contributed by atoms with Gasteiger partial charge in [0.1, 0.15) is 5.82 Å². The molecule has 0 aliphatic carbocycles. The van der Waals surface area contributed by atoms with Gasteiger partial charge in [-0.1, -0.05) is 0 Å². The van der Waals surface area contributed by atoms with Crippen molar-refractivity contribution in [1.82, 2.24) is 9.55 Å². The topological polar surface area (TPSA) is 79.0 Å². The third-order valence-electron chi connectivity index (χ3n) is 4.37. The molecule has 0 N–H and O–H groups in total. The minimum atomic E-state index is -1.54. The second-order valence-electron chi connectivity index (χ2n) is 6.01. The van der Waals surface area contributed by atoms with Gasteiger partial charge in [0.05, 0.1) is 11.8 Å². The van der Waals surface area contributed by atoms with Crippen molar-refractivity contribution < 1.29 is 14.0 Å². The maximum absolute atomic E-state index is 14.4. The highest BCUT2D eigenvalue weighted by Gasteiger charge is 2.31. The summed E-state index contributed by atoms with van der Waals surface area (Å²) in [7, 11) is 1.60. The summed E-state index contributed by atoms with van der Waals surface area (Å²) in [6.07, 6.45) is 4.98. The molecule has 1 aromatic carbocycles. The van der Waals surface area contributed by atoms with Crippen molar-refractivity contribution in [2.75, 3.05) is 18.0 Å². The molecule has 3 rings (SSSR count). The Bertz CT molecular complexity index is 862. The molecule has 1 saturated heterocycles. The van der Waals surface area contributed by atoms with Gasteiger partial charge in [-0.2, -0.15) is 5.26 Å². The molecule has 1 fully saturated rings. The highest BCUT2D eigenvalue weighted by atomic mass is 19.1. The second-order valence-corrected chi connectivity index (χ2v) is 6.01. The number of aryl methyl sites for hydroxylation is 1. The summed E-state index contributed by atoms with van der Waals surface area (Å²) < 4.78 is 15.8. The van der Waals surface area contributed by atoms with Crippen LogP contribution in [0, 0.1) is 23.1 Å². The second kappa shape index (κ2) is 6.85. The molecule has 1 aromatic heterocycles. The zero-order valence-corrected chi connectivity index (χ0v) is 13.8. The predicted molar refractivity (Wildman–Crippen MR) is 88.8 cm³/mol. The van der Waals surface area contributed by atoms with Crippen LogP contribution in [-0.2, 0) is 7.05 Å². The van der Waals surface area contributed by atoms with E-state index in [0.717, 1.165) is 32.0 Å². The van der Waals surface area contributed by atoms with Gasteiger partial charge in [0, 0.05) is 38.1 Å². The van der Waals surface area contributed by atoms with Gasteiger partial charge in [-0.05, 0) is 31.0 Å². The number of anilines is 1. The number of imidazole rings is 1. The lowest BCUT2D eigenvalue weighted by Gasteiger charge is -2.18. The Balaban J connectivity index is 1.86. The van der Waals surface area contributed by atoms with Gasteiger partial charge >= 0.3 is 0 Å². The van der Waals surface area contributed by atoms with Crippen LogP contribution in [0.3, 0.4) is 0 Å². The first-order chi connectivity index (χ1) is 12.0. The standard InChI is InChI=1S/C18H17FN4O2/c1-22-9-6-21-18(22)17(25)13(11-20)16(24)12-4-5-15(14(19)10-12)23-7-2-3-8-23/h4-6,9-10,13H,2-3,7-8H2,1H3/t13-/m0/s1. The number of aromatic nitrogens is 2. The Morgan fingerprint density at radius 3 is 2.56 bits per heavy atom. The maximum atomic E-state index is 14.4. The summed E-state index contributed by atoms with van der Waals surface area (Å²) in [6, 6.07) is 5.83. The van der Waals surface area contributed by atoms with Crippen LogP contribution in [0.4, 0.5) is 10.1 Å². The summed E-state index contributed by atoms with van der Waals surface area (Å²) in [5.41, 5.74) is 0.451. The lowest BCUT2D eigenvalue weighted by atomic mass is 9.94. The number of Topliss-reactive ketones (excluding diaryl/α,β-unsaturated/α-hetero) is 2. The van der Waals surface area contributed by atoms with Gasteiger partial charge in [0.15, 0.2) is 17.5 Å². The summed E-state index contributed by atoms with van der Waals surface area (Å²) >= 11 is 0. The zero-order valence-electron chi connectivity index (χ0n) is 13.8. The van der Waals surface area contributed by atoms with E-state index in [1.54, 1.807) is 19.3 Å². The van der Waals surface area contributed by atoms with Crippen LogP contribution in [0.2, 0.25) is 0 Å². The number of benzene rings is 1. The normalized spacial score (nSPS) is 15.0. The lowest BCUT2D eigenvalue weighted by molar-refractivity contribution is 0.0837. The van der Waals surface area contributed by atoms with Gasteiger partial charge < -0.3 is 9.47 Å². The van der Waals surface area contributed by atoms with E-state index in [0.29, 0.717) is 5.69 Å². The minimum absolute atomic E-state index is 0.00885. The molecule has 0 radical (unpaired) electrons. The molecule has 7 heteroatoms. The molecule has 0 spiro atoms. The molecule has 6 nitrogen and oxygen atoms in total. The van der Waals surface area contributed by atoms with Gasteiger partial charge in [-0.15, -0.1) is 0 Å². The average Bonchev–Trinajstić information content (AvgIpc) is 3.26. The molecule has 0 unspecified atom stereocenters. The first-order valence-corrected chi connectivity index (χ1v) is 8.03. The molecule has 25 heavy (non-hydrogen) atoms. The zero-order chi connectivity index (χ0) is 18.0. The van der Waals surface area contributed by atoms with Crippen molar-refractivity contribution in [3.8, 4) is 6.07 Å². The van der Waals surface area contributed by atoms with E-state index >= 15 is 0 Å². The molecule has 0 bridgehead atoms. The fraction of sp³-hybridized carbons (Fsp3) is 0.333. The number of halogens is 1.